The Labute approximate surface area is 105 Å². The zero-order chi connectivity index (χ0) is 12.3. The van der Waals surface area contributed by atoms with E-state index in [4.69, 9.17) is 0 Å². The summed E-state index contributed by atoms with van der Waals surface area (Å²) in [5.41, 5.74) is 1.67. The van der Waals surface area contributed by atoms with Crippen LogP contribution in [0.5, 0.6) is 0 Å². The molecule has 1 N–H and O–H groups in total. The predicted molar refractivity (Wildman–Crippen MR) is 71.7 cm³/mol. The van der Waals surface area contributed by atoms with Crippen molar-refractivity contribution in [3.05, 3.63) is 47.1 Å². The average molecular weight is 249 g/mol. The summed E-state index contributed by atoms with van der Waals surface area (Å²) in [6, 6.07) is 9.74. The average Bonchev–Trinajstić information content (AvgIpc) is 2.79. The van der Waals surface area contributed by atoms with Crippen LogP contribution < -0.4 is 5.32 Å². The van der Waals surface area contributed by atoms with Gasteiger partial charge in [-0.25, -0.2) is 4.39 Å². The maximum atomic E-state index is 13.9. The van der Waals surface area contributed by atoms with Crippen molar-refractivity contribution >= 4 is 11.3 Å². The molecular formula is C14H16FNS. The fourth-order valence-corrected chi connectivity index (χ4v) is 2.38. The normalized spacial score (nSPS) is 11.1. The number of nitrogens with one attached hydrogen (secondary N) is 1. The molecule has 1 aromatic carbocycles. The predicted octanol–water partition coefficient (Wildman–Crippen LogP) is 4.05. The molecule has 0 atom stereocenters. The van der Waals surface area contributed by atoms with E-state index in [0.717, 1.165) is 10.4 Å². The van der Waals surface area contributed by atoms with Crippen LogP contribution in [-0.2, 0) is 6.54 Å². The quantitative estimate of drug-likeness (QED) is 0.862. The molecule has 0 saturated carbocycles. The van der Waals surface area contributed by atoms with Gasteiger partial charge in [-0.05, 0) is 23.1 Å². The zero-order valence-corrected chi connectivity index (χ0v) is 10.9. The van der Waals surface area contributed by atoms with Gasteiger partial charge in [0.1, 0.15) is 5.82 Å². The molecule has 0 radical (unpaired) electrons. The molecule has 0 saturated heterocycles. The highest BCUT2D eigenvalue weighted by Gasteiger charge is 2.07. The molecule has 0 amide bonds. The van der Waals surface area contributed by atoms with Crippen molar-refractivity contribution in [1.29, 1.82) is 0 Å². The summed E-state index contributed by atoms with van der Waals surface area (Å²) in [7, 11) is 0. The van der Waals surface area contributed by atoms with Crippen LogP contribution in [0.3, 0.4) is 0 Å². The molecule has 17 heavy (non-hydrogen) atoms. The Morgan fingerprint density at radius 3 is 2.71 bits per heavy atom. The minimum Gasteiger partial charge on any atom is -0.310 e. The van der Waals surface area contributed by atoms with Crippen molar-refractivity contribution in [2.45, 2.75) is 26.4 Å². The summed E-state index contributed by atoms with van der Waals surface area (Å²) >= 11 is 1.56. The highest BCUT2D eigenvalue weighted by atomic mass is 32.1. The largest absolute Gasteiger partial charge is 0.310 e. The molecule has 0 bridgehead atoms. The summed E-state index contributed by atoms with van der Waals surface area (Å²) in [6.07, 6.45) is 0. The Morgan fingerprint density at radius 1 is 1.29 bits per heavy atom. The van der Waals surface area contributed by atoms with E-state index in [-0.39, 0.29) is 5.82 Å². The van der Waals surface area contributed by atoms with Crippen LogP contribution in [-0.4, -0.2) is 6.04 Å². The van der Waals surface area contributed by atoms with E-state index in [0.29, 0.717) is 18.2 Å². The topological polar surface area (TPSA) is 12.0 Å². The Hall–Kier alpha value is -1.19. The molecular weight excluding hydrogens is 233 g/mol. The molecule has 0 aliphatic heterocycles. The first kappa shape index (κ1) is 12.3. The third-order valence-electron chi connectivity index (χ3n) is 2.53. The second-order valence-corrected chi connectivity index (χ2v) is 5.27. The van der Waals surface area contributed by atoms with Gasteiger partial charge in [0.25, 0.3) is 0 Å². The van der Waals surface area contributed by atoms with Crippen LogP contribution >= 0.6 is 11.3 Å². The van der Waals surface area contributed by atoms with Gasteiger partial charge in [-0.2, -0.15) is 0 Å². The molecule has 0 spiro atoms. The number of hydrogen-bond donors (Lipinski definition) is 1. The fourth-order valence-electron chi connectivity index (χ4n) is 1.62. The molecule has 1 heterocycles. The summed E-state index contributed by atoms with van der Waals surface area (Å²) in [5, 5.41) is 5.24. The molecule has 1 aromatic heterocycles. The second-order valence-electron chi connectivity index (χ2n) is 4.33. The first-order valence-corrected chi connectivity index (χ1v) is 6.60. The number of halogens is 1. The summed E-state index contributed by atoms with van der Waals surface area (Å²) < 4.78 is 13.9. The van der Waals surface area contributed by atoms with E-state index < -0.39 is 0 Å². The van der Waals surface area contributed by atoms with E-state index in [1.165, 1.54) is 0 Å². The summed E-state index contributed by atoms with van der Waals surface area (Å²) in [4.78, 5) is 0.978. The van der Waals surface area contributed by atoms with E-state index in [9.17, 15) is 4.39 Å². The van der Waals surface area contributed by atoms with Gasteiger partial charge >= 0.3 is 0 Å². The first-order valence-electron chi connectivity index (χ1n) is 5.72. The smallest absolute Gasteiger partial charge is 0.132 e. The lowest BCUT2D eigenvalue weighted by Gasteiger charge is -2.09. The van der Waals surface area contributed by atoms with Gasteiger partial charge in [-0.1, -0.05) is 32.0 Å². The monoisotopic (exact) mass is 249 g/mol. The van der Waals surface area contributed by atoms with E-state index in [1.54, 1.807) is 17.4 Å². The SMILES string of the molecule is CC(C)NCc1ccc(-c2cccs2)c(F)c1. The molecule has 90 valence electrons. The van der Waals surface area contributed by atoms with Gasteiger partial charge in [0.2, 0.25) is 0 Å². The molecule has 0 aliphatic rings. The third kappa shape index (κ3) is 3.14. The Kier molecular flexibility index (Phi) is 3.92. The van der Waals surface area contributed by atoms with Gasteiger partial charge in [0, 0.05) is 23.0 Å². The van der Waals surface area contributed by atoms with Gasteiger partial charge in [0.15, 0.2) is 0 Å². The summed E-state index contributed by atoms with van der Waals surface area (Å²) in [5.74, 6) is -0.143. The second kappa shape index (κ2) is 5.43. The number of thiophene rings is 1. The van der Waals surface area contributed by atoms with Gasteiger partial charge in [-0.15, -0.1) is 11.3 Å². The van der Waals surface area contributed by atoms with Crippen LogP contribution in [0.2, 0.25) is 0 Å². The van der Waals surface area contributed by atoms with Crippen LogP contribution in [0.15, 0.2) is 35.7 Å². The van der Waals surface area contributed by atoms with E-state index in [1.807, 2.05) is 29.6 Å². The molecule has 0 aliphatic carbocycles. The zero-order valence-electron chi connectivity index (χ0n) is 10.0. The number of hydrogen-bond acceptors (Lipinski definition) is 2. The highest BCUT2D eigenvalue weighted by molar-refractivity contribution is 7.13. The van der Waals surface area contributed by atoms with Gasteiger partial charge < -0.3 is 5.32 Å². The number of rotatable bonds is 4. The molecule has 0 fully saturated rings. The molecule has 2 aromatic rings. The fraction of sp³-hybridized carbons (Fsp3) is 0.286. The molecule has 3 heteroatoms. The highest BCUT2D eigenvalue weighted by Crippen LogP contribution is 2.27. The van der Waals surface area contributed by atoms with Gasteiger partial charge in [0.05, 0.1) is 0 Å². The molecule has 0 unspecified atom stereocenters. The maximum absolute atomic E-state index is 13.9. The third-order valence-corrected chi connectivity index (χ3v) is 3.44. The Bertz CT molecular complexity index is 477. The number of benzene rings is 1. The Morgan fingerprint density at radius 2 is 2.12 bits per heavy atom. The van der Waals surface area contributed by atoms with Crippen LogP contribution in [0.25, 0.3) is 10.4 Å². The van der Waals surface area contributed by atoms with Crippen molar-refractivity contribution in [2.24, 2.45) is 0 Å². The lowest BCUT2D eigenvalue weighted by molar-refractivity contribution is 0.582. The van der Waals surface area contributed by atoms with Crippen molar-refractivity contribution in [3.63, 3.8) is 0 Å². The van der Waals surface area contributed by atoms with Crippen LogP contribution in [0, 0.1) is 5.82 Å². The van der Waals surface area contributed by atoms with E-state index in [2.05, 4.69) is 19.2 Å². The van der Waals surface area contributed by atoms with E-state index >= 15 is 0 Å². The van der Waals surface area contributed by atoms with Crippen molar-refractivity contribution in [3.8, 4) is 10.4 Å². The standard InChI is InChI=1S/C14H16FNS/c1-10(2)16-9-11-5-6-12(13(15)8-11)14-4-3-7-17-14/h3-8,10,16H,9H2,1-2H3. The molecule has 2 rings (SSSR count). The minimum atomic E-state index is -0.143. The van der Waals surface area contributed by atoms with Crippen molar-refractivity contribution in [2.75, 3.05) is 0 Å². The first-order chi connectivity index (χ1) is 8.16. The lowest BCUT2D eigenvalue weighted by Crippen LogP contribution is -2.21. The molecule has 1 nitrogen and oxygen atoms in total. The van der Waals surface area contributed by atoms with Crippen LogP contribution in [0.1, 0.15) is 19.4 Å². The van der Waals surface area contributed by atoms with Crippen molar-refractivity contribution in [1.82, 2.24) is 5.32 Å². The maximum Gasteiger partial charge on any atom is 0.132 e. The van der Waals surface area contributed by atoms with Crippen LogP contribution in [0.4, 0.5) is 4.39 Å². The Balaban J connectivity index is 2.17. The van der Waals surface area contributed by atoms with Gasteiger partial charge in [-0.3, -0.25) is 0 Å². The lowest BCUT2D eigenvalue weighted by atomic mass is 10.1. The summed E-state index contributed by atoms with van der Waals surface area (Å²) in [6.45, 7) is 4.87. The van der Waals surface area contributed by atoms with Crippen molar-refractivity contribution < 1.29 is 4.39 Å². The minimum absolute atomic E-state index is 0.143.